The highest BCUT2D eigenvalue weighted by molar-refractivity contribution is 7.91. The van der Waals surface area contributed by atoms with Crippen molar-refractivity contribution in [2.24, 2.45) is 11.8 Å². The molecule has 2 aromatic rings. The quantitative estimate of drug-likeness (QED) is 0.756. The fourth-order valence-electron chi connectivity index (χ4n) is 5.16. The number of nitrogens with zero attached hydrogens (tertiary/aromatic N) is 4. The first kappa shape index (κ1) is 19.6. The van der Waals surface area contributed by atoms with Gasteiger partial charge in [0.2, 0.25) is 0 Å². The van der Waals surface area contributed by atoms with Crippen molar-refractivity contribution in [1.29, 1.82) is 0 Å². The van der Waals surface area contributed by atoms with Crippen LogP contribution in [0.25, 0.3) is 0 Å². The molecule has 2 fully saturated rings. The number of aromatic nitrogens is 2. The molecule has 5 rings (SSSR count). The number of rotatable bonds is 4. The van der Waals surface area contributed by atoms with Gasteiger partial charge >= 0.3 is 0 Å². The van der Waals surface area contributed by atoms with Gasteiger partial charge in [0.1, 0.15) is 17.8 Å². The van der Waals surface area contributed by atoms with E-state index in [0.29, 0.717) is 30.7 Å². The molecule has 0 bridgehead atoms. The summed E-state index contributed by atoms with van der Waals surface area (Å²) < 4.78 is 23.3. The van der Waals surface area contributed by atoms with Crippen LogP contribution >= 0.6 is 0 Å². The first-order valence-electron chi connectivity index (χ1n) is 10.5. The van der Waals surface area contributed by atoms with Gasteiger partial charge in [0.05, 0.1) is 17.2 Å². The Hall–Kier alpha value is -2.39. The van der Waals surface area contributed by atoms with E-state index in [9.17, 15) is 13.5 Å². The molecule has 1 saturated heterocycles. The molecule has 1 unspecified atom stereocenters. The van der Waals surface area contributed by atoms with Crippen LogP contribution in [0.2, 0.25) is 0 Å². The van der Waals surface area contributed by atoms with Crippen molar-refractivity contribution >= 4 is 27.0 Å². The SMILES string of the molecule is Nc1ncnc2c1N(c1cccc(O)c1)CC2C1CC(CN2CCS(=O)(=O)CC2)C1. The van der Waals surface area contributed by atoms with E-state index in [2.05, 4.69) is 19.8 Å². The van der Waals surface area contributed by atoms with Gasteiger partial charge in [-0.3, -0.25) is 0 Å². The van der Waals surface area contributed by atoms with Crippen LogP contribution < -0.4 is 10.6 Å². The molecule has 0 spiro atoms. The number of benzene rings is 1. The number of hydrogen-bond acceptors (Lipinski definition) is 8. The Morgan fingerprint density at radius 2 is 1.93 bits per heavy atom. The Bertz CT molecular complexity index is 1040. The fourth-order valence-corrected chi connectivity index (χ4v) is 6.44. The van der Waals surface area contributed by atoms with Crippen molar-refractivity contribution in [2.45, 2.75) is 18.8 Å². The van der Waals surface area contributed by atoms with E-state index in [-0.39, 0.29) is 23.2 Å². The monoisotopic (exact) mass is 429 g/mol. The molecular formula is C21H27N5O3S. The van der Waals surface area contributed by atoms with E-state index >= 15 is 0 Å². The zero-order valence-electron chi connectivity index (χ0n) is 16.8. The van der Waals surface area contributed by atoms with Gasteiger partial charge in [-0.05, 0) is 36.8 Å². The Balaban J connectivity index is 1.28. The van der Waals surface area contributed by atoms with Crippen LogP contribution in [0.3, 0.4) is 0 Å². The maximum Gasteiger partial charge on any atom is 0.152 e. The second-order valence-corrected chi connectivity index (χ2v) is 11.1. The smallest absolute Gasteiger partial charge is 0.152 e. The van der Waals surface area contributed by atoms with E-state index in [0.717, 1.165) is 43.0 Å². The largest absolute Gasteiger partial charge is 0.508 e. The van der Waals surface area contributed by atoms with Gasteiger partial charge in [0, 0.05) is 43.9 Å². The van der Waals surface area contributed by atoms with E-state index in [4.69, 9.17) is 5.73 Å². The molecule has 8 nitrogen and oxygen atoms in total. The highest BCUT2D eigenvalue weighted by Crippen LogP contribution is 2.51. The van der Waals surface area contributed by atoms with Crippen molar-refractivity contribution in [3.05, 3.63) is 36.3 Å². The van der Waals surface area contributed by atoms with Gasteiger partial charge in [-0.25, -0.2) is 18.4 Å². The van der Waals surface area contributed by atoms with E-state index in [1.807, 2.05) is 12.1 Å². The normalized spacial score (nSPS) is 28.1. The van der Waals surface area contributed by atoms with Crippen LogP contribution in [0.15, 0.2) is 30.6 Å². The fraction of sp³-hybridized carbons (Fsp3) is 0.524. The number of nitrogens with two attached hydrogens (primary N) is 1. The first-order valence-corrected chi connectivity index (χ1v) is 12.3. The minimum Gasteiger partial charge on any atom is -0.508 e. The molecule has 0 amide bonds. The molecule has 3 aliphatic rings. The highest BCUT2D eigenvalue weighted by Gasteiger charge is 2.43. The van der Waals surface area contributed by atoms with E-state index < -0.39 is 9.84 Å². The minimum atomic E-state index is -2.83. The van der Waals surface area contributed by atoms with Gasteiger partial charge in [0.25, 0.3) is 0 Å². The number of nitrogen functional groups attached to an aromatic ring is 1. The van der Waals surface area contributed by atoms with Crippen molar-refractivity contribution in [3.63, 3.8) is 0 Å². The van der Waals surface area contributed by atoms with Crippen molar-refractivity contribution in [3.8, 4) is 5.75 Å². The molecular weight excluding hydrogens is 402 g/mol. The molecule has 0 radical (unpaired) electrons. The summed E-state index contributed by atoms with van der Waals surface area (Å²) >= 11 is 0. The van der Waals surface area contributed by atoms with Crippen molar-refractivity contribution in [2.75, 3.05) is 48.3 Å². The summed E-state index contributed by atoms with van der Waals surface area (Å²) in [6.45, 7) is 3.07. The Labute approximate surface area is 176 Å². The topological polar surface area (TPSA) is 113 Å². The van der Waals surface area contributed by atoms with Gasteiger partial charge in [-0.1, -0.05) is 6.07 Å². The van der Waals surface area contributed by atoms with Gasteiger partial charge in [-0.2, -0.15) is 0 Å². The molecule has 1 saturated carbocycles. The lowest BCUT2D eigenvalue weighted by Gasteiger charge is -2.42. The Morgan fingerprint density at radius 1 is 1.17 bits per heavy atom. The summed E-state index contributed by atoms with van der Waals surface area (Å²) in [7, 11) is -2.83. The van der Waals surface area contributed by atoms with E-state index in [1.54, 1.807) is 12.1 Å². The number of anilines is 3. The molecule has 3 N–H and O–H groups in total. The second kappa shape index (κ2) is 7.39. The Morgan fingerprint density at radius 3 is 2.67 bits per heavy atom. The molecule has 1 aromatic carbocycles. The summed E-state index contributed by atoms with van der Waals surface area (Å²) in [5, 5.41) is 9.91. The second-order valence-electron chi connectivity index (χ2n) is 8.78. The lowest BCUT2D eigenvalue weighted by atomic mass is 9.68. The average Bonchev–Trinajstić information content (AvgIpc) is 3.06. The molecule has 160 valence electrons. The highest BCUT2D eigenvalue weighted by atomic mass is 32.2. The van der Waals surface area contributed by atoms with E-state index in [1.165, 1.54) is 6.33 Å². The number of phenols is 1. The summed E-state index contributed by atoms with van der Waals surface area (Å²) in [6, 6.07) is 7.19. The summed E-state index contributed by atoms with van der Waals surface area (Å²) in [5.74, 6) is 2.68. The predicted molar refractivity (Wildman–Crippen MR) is 116 cm³/mol. The molecule has 1 atom stereocenters. The summed E-state index contributed by atoms with van der Waals surface area (Å²) in [6.07, 6.45) is 3.77. The standard InChI is InChI=1S/C21H27N5O3S/c22-21-20-19(23-13-24-21)18(12-26(20)16-2-1-3-17(27)10-16)15-8-14(9-15)11-25-4-6-30(28,29)7-5-25/h1-3,10,13-15,18,27H,4-9,11-12H2,(H2,22,23,24). The molecule has 2 aliphatic heterocycles. The number of fused-ring (bicyclic) bond motifs is 1. The first-order chi connectivity index (χ1) is 14.4. The Kier molecular flexibility index (Phi) is 4.82. The third-order valence-electron chi connectivity index (χ3n) is 6.82. The molecule has 1 aliphatic carbocycles. The maximum absolute atomic E-state index is 11.6. The zero-order valence-corrected chi connectivity index (χ0v) is 17.6. The maximum atomic E-state index is 11.6. The predicted octanol–water partition coefficient (Wildman–Crippen LogP) is 1.76. The van der Waals surface area contributed by atoms with Crippen LogP contribution in [0.5, 0.6) is 5.75 Å². The molecule has 30 heavy (non-hydrogen) atoms. The number of aromatic hydroxyl groups is 1. The zero-order chi connectivity index (χ0) is 20.9. The van der Waals surface area contributed by atoms with Gasteiger partial charge in [0.15, 0.2) is 15.7 Å². The summed E-state index contributed by atoms with van der Waals surface area (Å²) in [5.41, 5.74) is 8.97. The van der Waals surface area contributed by atoms with Crippen molar-refractivity contribution in [1.82, 2.24) is 14.9 Å². The van der Waals surface area contributed by atoms with Crippen LogP contribution in [0.4, 0.5) is 17.2 Å². The third kappa shape index (κ3) is 3.60. The average molecular weight is 430 g/mol. The third-order valence-corrected chi connectivity index (χ3v) is 8.42. The van der Waals surface area contributed by atoms with Crippen LogP contribution in [0, 0.1) is 11.8 Å². The summed E-state index contributed by atoms with van der Waals surface area (Å²) in [4.78, 5) is 13.2. The number of sulfone groups is 1. The van der Waals surface area contributed by atoms with Crippen LogP contribution in [-0.2, 0) is 9.84 Å². The van der Waals surface area contributed by atoms with Gasteiger partial charge in [-0.15, -0.1) is 0 Å². The van der Waals surface area contributed by atoms with Gasteiger partial charge < -0.3 is 20.6 Å². The molecule has 3 heterocycles. The number of hydrogen-bond donors (Lipinski definition) is 2. The molecule has 1 aromatic heterocycles. The lowest BCUT2D eigenvalue weighted by molar-refractivity contribution is 0.113. The lowest BCUT2D eigenvalue weighted by Crippen LogP contribution is -2.45. The van der Waals surface area contributed by atoms with Crippen molar-refractivity contribution < 1.29 is 13.5 Å². The van der Waals surface area contributed by atoms with Crippen LogP contribution in [-0.4, -0.2) is 66.1 Å². The molecule has 9 heteroatoms. The number of phenolic OH excluding ortho intramolecular Hbond substituents is 1. The minimum absolute atomic E-state index is 0.222. The van der Waals surface area contributed by atoms with Crippen LogP contribution in [0.1, 0.15) is 24.5 Å².